The summed E-state index contributed by atoms with van der Waals surface area (Å²) >= 11 is 0. The first-order chi connectivity index (χ1) is 11.4. The smallest absolute Gasteiger partial charge is 0.296 e. The van der Waals surface area contributed by atoms with E-state index >= 15 is 0 Å². The summed E-state index contributed by atoms with van der Waals surface area (Å²) in [4.78, 5) is 35.7. The second-order valence-corrected chi connectivity index (χ2v) is 5.87. The van der Waals surface area contributed by atoms with Crippen molar-refractivity contribution in [3.63, 3.8) is 0 Å². The number of anilines is 2. The molecule has 0 bridgehead atoms. The van der Waals surface area contributed by atoms with Crippen molar-refractivity contribution in [2.75, 3.05) is 10.6 Å². The molecule has 0 saturated heterocycles. The average Bonchev–Trinajstić information content (AvgIpc) is 2.56. The fraction of sp³-hybridized carbons (Fsp3) is 0.211. The van der Waals surface area contributed by atoms with Gasteiger partial charge in [-0.15, -0.1) is 0 Å². The molecule has 0 fully saturated rings. The van der Waals surface area contributed by atoms with Gasteiger partial charge >= 0.3 is 0 Å². The van der Waals surface area contributed by atoms with Crippen molar-refractivity contribution in [3.8, 4) is 0 Å². The van der Waals surface area contributed by atoms with Gasteiger partial charge in [0.25, 0.3) is 11.7 Å². The van der Waals surface area contributed by atoms with Crippen LogP contribution in [0, 0.1) is 12.8 Å². The molecule has 0 aliphatic heterocycles. The number of benzene rings is 2. The molecule has 5 nitrogen and oxygen atoms in total. The topological polar surface area (TPSA) is 75.3 Å². The molecule has 0 unspecified atom stereocenters. The molecular formula is C19H20N2O3. The Morgan fingerprint density at radius 1 is 0.792 bits per heavy atom. The summed E-state index contributed by atoms with van der Waals surface area (Å²) in [5.74, 6) is -1.48. The van der Waals surface area contributed by atoms with Crippen molar-refractivity contribution in [3.05, 3.63) is 59.7 Å². The second kappa shape index (κ2) is 7.55. The van der Waals surface area contributed by atoms with E-state index in [0.717, 1.165) is 5.56 Å². The van der Waals surface area contributed by atoms with Crippen molar-refractivity contribution in [2.45, 2.75) is 20.8 Å². The molecule has 2 aromatic carbocycles. The van der Waals surface area contributed by atoms with Gasteiger partial charge in [-0.2, -0.15) is 0 Å². The third kappa shape index (κ3) is 4.52. The van der Waals surface area contributed by atoms with Gasteiger partial charge in [-0.3, -0.25) is 14.4 Å². The predicted molar refractivity (Wildman–Crippen MR) is 94.0 cm³/mol. The Bertz CT molecular complexity index is 747. The van der Waals surface area contributed by atoms with Crippen LogP contribution in [-0.4, -0.2) is 17.6 Å². The third-order valence-corrected chi connectivity index (χ3v) is 3.45. The molecule has 0 aliphatic carbocycles. The third-order valence-electron chi connectivity index (χ3n) is 3.45. The predicted octanol–water partition coefficient (Wildman–Crippen LogP) is 3.41. The first-order valence-electron chi connectivity index (χ1n) is 7.70. The number of aryl methyl sites for hydroxylation is 1. The van der Waals surface area contributed by atoms with Crippen LogP contribution in [-0.2, 0) is 9.59 Å². The van der Waals surface area contributed by atoms with Gasteiger partial charge in [-0.25, -0.2) is 0 Å². The molecular weight excluding hydrogens is 304 g/mol. The number of nitrogens with one attached hydrogen (secondary N) is 2. The number of hydrogen-bond donors (Lipinski definition) is 2. The minimum atomic E-state index is -0.696. The lowest BCUT2D eigenvalue weighted by Crippen LogP contribution is -2.23. The largest absolute Gasteiger partial charge is 0.326 e. The monoisotopic (exact) mass is 324 g/mol. The van der Waals surface area contributed by atoms with Gasteiger partial charge in [-0.1, -0.05) is 43.7 Å². The van der Waals surface area contributed by atoms with Crippen LogP contribution in [0.1, 0.15) is 29.8 Å². The van der Waals surface area contributed by atoms with Crippen molar-refractivity contribution in [1.29, 1.82) is 0 Å². The standard InChI is InChI=1S/C19H20N2O3/c1-12(2)18(23)20-15-8-10-16(11-9-15)21-19(24)17(22)14-6-4-13(3)5-7-14/h4-12H,1-3H3,(H,20,23)(H,21,24). The maximum Gasteiger partial charge on any atom is 0.296 e. The fourth-order valence-electron chi connectivity index (χ4n) is 1.95. The van der Waals surface area contributed by atoms with E-state index < -0.39 is 11.7 Å². The Morgan fingerprint density at radius 2 is 1.29 bits per heavy atom. The molecule has 0 radical (unpaired) electrons. The molecule has 2 N–H and O–H groups in total. The van der Waals surface area contributed by atoms with Gasteiger partial charge < -0.3 is 10.6 Å². The van der Waals surface area contributed by atoms with Crippen molar-refractivity contribution >= 4 is 29.0 Å². The van der Waals surface area contributed by atoms with Crippen LogP contribution in [0.4, 0.5) is 11.4 Å². The minimum Gasteiger partial charge on any atom is -0.326 e. The first kappa shape index (κ1) is 17.4. The lowest BCUT2D eigenvalue weighted by Gasteiger charge is -2.09. The van der Waals surface area contributed by atoms with Crippen molar-refractivity contribution < 1.29 is 14.4 Å². The molecule has 0 aliphatic rings. The minimum absolute atomic E-state index is 0.0821. The number of ketones is 1. The average molecular weight is 324 g/mol. The molecule has 124 valence electrons. The molecule has 5 heteroatoms. The van der Waals surface area contributed by atoms with Crippen LogP contribution >= 0.6 is 0 Å². The maximum atomic E-state index is 12.1. The Kier molecular flexibility index (Phi) is 5.47. The highest BCUT2D eigenvalue weighted by Crippen LogP contribution is 2.15. The molecule has 0 heterocycles. The fourth-order valence-corrected chi connectivity index (χ4v) is 1.95. The van der Waals surface area contributed by atoms with E-state index in [4.69, 9.17) is 0 Å². The summed E-state index contributed by atoms with van der Waals surface area (Å²) in [7, 11) is 0. The zero-order valence-electron chi connectivity index (χ0n) is 13.9. The van der Waals surface area contributed by atoms with E-state index in [9.17, 15) is 14.4 Å². The van der Waals surface area contributed by atoms with E-state index in [-0.39, 0.29) is 11.8 Å². The number of carbonyl (C=O) groups excluding carboxylic acids is 3. The van der Waals surface area contributed by atoms with E-state index in [1.54, 1.807) is 62.4 Å². The summed E-state index contributed by atoms with van der Waals surface area (Å²) in [5, 5.41) is 5.31. The van der Waals surface area contributed by atoms with E-state index in [0.29, 0.717) is 16.9 Å². The molecule has 0 spiro atoms. The molecule has 0 saturated carbocycles. The highest BCUT2D eigenvalue weighted by Gasteiger charge is 2.16. The molecule has 2 rings (SSSR count). The van der Waals surface area contributed by atoms with Crippen LogP contribution in [0.3, 0.4) is 0 Å². The van der Waals surface area contributed by atoms with Gasteiger partial charge in [0.05, 0.1) is 0 Å². The summed E-state index contributed by atoms with van der Waals surface area (Å²) < 4.78 is 0. The van der Waals surface area contributed by atoms with Gasteiger partial charge in [0.15, 0.2) is 0 Å². The van der Waals surface area contributed by atoms with Gasteiger partial charge in [-0.05, 0) is 31.2 Å². The second-order valence-electron chi connectivity index (χ2n) is 5.87. The number of rotatable bonds is 5. The summed E-state index contributed by atoms with van der Waals surface area (Å²) in [6.07, 6.45) is 0. The molecule has 0 atom stereocenters. The Labute approximate surface area is 141 Å². The number of carbonyl (C=O) groups is 3. The Hall–Kier alpha value is -2.95. The normalized spacial score (nSPS) is 10.3. The molecule has 2 amide bonds. The highest BCUT2D eigenvalue weighted by molar-refractivity contribution is 6.46. The first-order valence-corrected chi connectivity index (χ1v) is 7.70. The zero-order chi connectivity index (χ0) is 17.7. The van der Waals surface area contributed by atoms with Crippen LogP contribution in [0.15, 0.2) is 48.5 Å². The maximum absolute atomic E-state index is 12.1. The number of hydrogen-bond acceptors (Lipinski definition) is 3. The summed E-state index contributed by atoms with van der Waals surface area (Å²) in [6.45, 7) is 5.52. The van der Waals surface area contributed by atoms with E-state index in [1.807, 2.05) is 6.92 Å². The van der Waals surface area contributed by atoms with Crippen molar-refractivity contribution in [1.82, 2.24) is 0 Å². The van der Waals surface area contributed by atoms with Gasteiger partial charge in [0.1, 0.15) is 0 Å². The summed E-state index contributed by atoms with van der Waals surface area (Å²) in [6, 6.07) is 13.4. The lowest BCUT2D eigenvalue weighted by atomic mass is 10.1. The highest BCUT2D eigenvalue weighted by atomic mass is 16.2. The summed E-state index contributed by atoms with van der Waals surface area (Å²) in [5.41, 5.74) is 2.49. The van der Waals surface area contributed by atoms with Crippen molar-refractivity contribution in [2.24, 2.45) is 5.92 Å². The quantitative estimate of drug-likeness (QED) is 0.654. The van der Waals surface area contributed by atoms with Gasteiger partial charge in [0, 0.05) is 22.9 Å². The SMILES string of the molecule is Cc1ccc(C(=O)C(=O)Nc2ccc(NC(=O)C(C)C)cc2)cc1. The lowest BCUT2D eigenvalue weighted by molar-refractivity contribution is -0.119. The van der Waals surface area contributed by atoms with Crippen LogP contribution in [0.25, 0.3) is 0 Å². The van der Waals surface area contributed by atoms with Crippen LogP contribution in [0.5, 0.6) is 0 Å². The van der Waals surface area contributed by atoms with Crippen LogP contribution < -0.4 is 10.6 Å². The molecule has 0 aromatic heterocycles. The van der Waals surface area contributed by atoms with Crippen LogP contribution in [0.2, 0.25) is 0 Å². The number of Topliss-reactive ketones (excluding diaryl/α,β-unsaturated/α-hetero) is 1. The van der Waals surface area contributed by atoms with E-state index in [1.165, 1.54) is 0 Å². The van der Waals surface area contributed by atoms with Gasteiger partial charge in [0.2, 0.25) is 5.91 Å². The number of amides is 2. The molecule has 24 heavy (non-hydrogen) atoms. The molecule has 2 aromatic rings. The van der Waals surface area contributed by atoms with E-state index in [2.05, 4.69) is 10.6 Å². The Balaban J connectivity index is 2.00. The zero-order valence-corrected chi connectivity index (χ0v) is 13.9. The Morgan fingerprint density at radius 3 is 1.79 bits per heavy atom.